The highest BCUT2D eigenvalue weighted by Crippen LogP contribution is 2.16. The third-order valence-corrected chi connectivity index (χ3v) is 4.85. The molecule has 0 spiro atoms. The average molecular weight is 249 g/mol. The summed E-state index contributed by atoms with van der Waals surface area (Å²) in [6.07, 6.45) is 3.91. The Hall–Kier alpha value is -0.170. The van der Waals surface area contributed by atoms with Gasteiger partial charge in [-0.15, -0.1) is 0 Å². The zero-order chi connectivity index (χ0) is 12.0. The molecule has 0 aromatic rings. The van der Waals surface area contributed by atoms with Crippen molar-refractivity contribution in [3.05, 3.63) is 0 Å². The molecule has 0 aromatic heterocycles. The van der Waals surface area contributed by atoms with E-state index < -0.39 is 10.2 Å². The fourth-order valence-corrected chi connectivity index (χ4v) is 3.79. The summed E-state index contributed by atoms with van der Waals surface area (Å²) in [4.78, 5) is 0. The van der Waals surface area contributed by atoms with Crippen LogP contribution in [0.15, 0.2) is 0 Å². The molecule has 6 heteroatoms. The van der Waals surface area contributed by atoms with Crippen LogP contribution in [0.5, 0.6) is 0 Å². The van der Waals surface area contributed by atoms with Crippen LogP contribution in [0.4, 0.5) is 0 Å². The van der Waals surface area contributed by atoms with Gasteiger partial charge in [-0.1, -0.05) is 13.3 Å². The van der Waals surface area contributed by atoms with E-state index in [1.807, 2.05) is 6.92 Å². The summed E-state index contributed by atoms with van der Waals surface area (Å²) in [7, 11) is -3.26. The van der Waals surface area contributed by atoms with E-state index in [1.54, 1.807) is 4.31 Å². The van der Waals surface area contributed by atoms with E-state index in [0.29, 0.717) is 32.7 Å². The summed E-state index contributed by atoms with van der Waals surface area (Å²) in [6.45, 7) is 4.67. The molecule has 0 aromatic carbocycles. The van der Waals surface area contributed by atoms with Crippen LogP contribution in [-0.2, 0) is 10.2 Å². The van der Waals surface area contributed by atoms with Crippen molar-refractivity contribution in [3.8, 4) is 0 Å². The maximum absolute atomic E-state index is 12.3. The summed E-state index contributed by atoms with van der Waals surface area (Å²) < 4.78 is 27.6. The van der Waals surface area contributed by atoms with Gasteiger partial charge in [0.15, 0.2) is 0 Å². The van der Waals surface area contributed by atoms with Crippen LogP contribution in [0.3, 0.4) is 0 Å². The molecule has 0 bridgehead atoms. The molecular formula is C10H23N3O2S. The first-order valence-corrected chi connectivity index (χ1v) is 7.48. The second-order valence-electron chi connectivity index (χ2n) is 4.16. The van der Waals surface area contributed by atoms with Gasteiger partial charge in [0.2, 0.25) is 0 Å². The van der Waals surface area contributed by atoms with Crippen molar-refractivity contribution in [3.63, 3.8) is 0 Å². The van der Waals surface area contributed by atoms with Gasteiger partial charge in [0, 0.05) is 32.7 Å². The Balaban J connectivity index is 2.70. The first-order valence-electron chi connectivity index (χ1n) is 6.08. The molecule has 0 unspecified atom stereocenters. The van der Waals surface area contributed by atoms with Gasteiger partial charge < -0.3 is 5.73 Å². The minimum absolute atomic E-state index is 0.382. The molecule has 0 radical (unpaired) electrons. The van der Waals surface area contributed by atoms with Gasteiger partial charge >= 0.3 is 0 Å². The molecule has 1 fully saturated rings. The highest BCUT2D eigenvalue weighted by atomic mass is 32.2. The smallest absolute Gasteiger partial charge is 0.282 e. The Morgan fingerprint density at radius 3 is 2.31 bits per heavy atom. The quantitative estimate of drug-likeness (QED) is 0.740. The highest BCUT2D eigenvalue weighted by Gasteiger charge is 2.29. The van der Waals surface area contributed by atoms with E-state index >= 15 is 0 Å². The molecule has 1 heterocycles. The number of piperidine rings is 1. The number of nitrogens with zero attached hydrogens (tertiary/aromatic N) is 2. The molecule has 0 atom stereocenters. The summed E-state index contributed by atoms with van der Waals surface area (Å²) in [5, 5.41) is 0. The molecule has 1 rings (SSSR count). The van der Waals surface area contributed by atoms with E-state index in [2.05, 4.69) is 0 Å². The number of hydrogen-bond donors (Lipinski definition) is 1. The van der Waals surface area contributed by atoms with Crippen molar-refractivity contribution in [2.24, 2.45) is 5.73 Å². The summed E-state index contributed by atoms with van der Waals surface area (Å²) >= 11 is 0. The molecule has 16 heavy (non-hydrogen) atoms. The second-order valence-corrected chi connectivity index (χ2v) is 6.08. The molecule has 96 valence electrons. The lowest BCUT2D eigenvalue weighted by Gasteiger charge is -2.31. The lowest BCUT2D eigenvalue weighted by Crippen LogP contribution is -2.47. The molecule has 1 aliphatic heterocycles. The Bertz CT molecular complexity index is 280. The zero-order valence-corrected chi connectivity index (χ0v) is 10.9. The van der Waals surface area contributed by atoms with E-state index in [0.717, 1.165) is 25.7 Å². The summed E-state index contributed by atoms with van der Waals surface area (Å²) in [6, 6.07) is 0. The Morgan fingerprint density at radius 2 is 1.81 bits per heavy atom. The molecule has 0 amide bonds. The first kappa shape index (κ1) is 13.9. The van der Waals surface area contributed by atoms with Gasteiger partial charge in [-0.2, -0.15) is 17.0 Å². The van der Waals surface area contributed by atoms with E-state index in [-0.39, 0.29) is 0 Å². The van der Waals surface area contributed by atoms with Gasteiger partial charge in [0.1, 0.15) is 0 Å². The molecule has 2 N–H and O–H groups in total. The van der Waals surface area contributed by atoms with E-state index in [9.17, 15) is 8.42 Å². The number of nitrogens with two attached hydrogens (primary N) is 1. The van der Waals surface area contributed by atoms with Gasteiger partial charge in [-0.25, -0.2) is 0 Å². The van der Waals surface area contributed by atoms with Crippen molar-refractivity contribution < 1.29 is 8.42 Å². The Kier molecular flexibility index (Phi) is 5.68. The first-order chi connectivity index (χ1) is 7.62. The predicted molar refractivity (Wildman–Crippen MR) is 65.3 cm³/mol. The van der Waals surface area contributed by atoms with Gasteiger partial charge in [0.25, 0.3) is 10.2 Å². The third-order valence-electron chi connectivity index (χ3n) is 2.82. The van der Waals surface area contributed by atoms with E-state index in [4.69, 9.17) is 5.73 Å². The second kappa shape index (κ2) is 6.54. The number of rotatable bonds is 6. The van der Waals surface area contributed by atoms with Crippen molar-refractivity contribution in [1.82, 2.24) is 8.61 Å². The molecule has 1 aliphatic rings. The minimum Gasteiger partial charge on any atom is -0.329 e. The van der Waals surface area contributed by atoms with Gasteiger partial charge in [-0.3, -0.25) is 0 Å². The van der Waals surface area contributed by atoms with Crippen LogP contribution < -0.4 is 5.73 Å². The van der Waals surface area contributed by atoms with Gasteiger partial charge in [0.05, 0.1) is 0 Å². The lowest BCUT2D eigenvalue weighted by molar-refractivity contribution is 0.304. The van der Waals surface area contributed by atoms with E-state index in [1.165, 1.54) is 4.31 Å². The van der Waals surface area contributed by atoms with Crippen LogP contribution in [-0.4, -0.2) is 49.8 Å². The normalized spacial score (nSPS) is 19.2. The topological polar surface area (TPSA) is 66.6 Å². The number of hydrogen-bond acceptors (Lipinski definition) is 3. The van der Waals surface area contributed by atoms with Crippen LogP contribution in [0, 0.1) is 0 Å². The maximum atomic E-state index is 12.3. The standard InChI is InChI=1S/C10H23N3O2S/c1-2-7-12(10-6-11)16(14,15)13-8-4-3-5-9-13/h2-11H2,1H3. The SMILES string of the molecule is CCCN(CCN)S(=O)(=O)N1CCCCC1. The highest BCUT2D eigenvalue weighted by molar-refractivity contribution is 7.86. The molecule has 5 nitrogen and oxygen atoms in total. The van der Waals surface area contributed by atoms with Crippen molar-refractivity contribution >= 4 is 10.2 Å². The van der Waals surface area contributed by atoms with Crippen molar-refractivity contribution in [1.29, 1.82) is 0 Å². The van der Waals surface area contributed by atoms with Crippen LogP contribution >= 0.6 is 0 Å². The van der Waals surface area contributed by atoms with Crippen molar-refractivity contribution in [2.75, 3.05) is 32.7 Å². The zero-order valence-electron chi connectivity index (χ0n) is 10.1. The molecular weight excluding hydrogens is 226 g/mol. The fourth-order valence-electron chi connectivity index (χ4n) is 1.99. The molecule has 0 aliphatic carbocycles. The van der Waals surface area contributed by atoms with Crippen LogP contribution in [0.25, 0.3) is 0 Å². The molecule has 0 saturated carbocycles. The largest absolute Gasteiger partial charge is 0.329 e. The Morgan fingerprint density at radius 1 is 1.19 bits per heavy atom. The van der Waals surface area contributed by atoms with Crippen LogP contribution in [0.2, 0.25) is 0 Å². The van der Waals surface area contributed by atoms with Crippen LogP contribution in [0.1, 0.15) is 32.6 Å². The average Bonchev–Trinajstić information content (AvgIpc) is 2.30. The third kappa shape index (κ3) is 3.41. The summed E-state index contributed by atoms with van der Waals surface area (Å²) in [5.74, 6) is 0. The predicted octanol–water partition coefficient (Wildman–Crippen LogP) is 0.388. The monoisotopic (exact) mass is 249 g/mol. The minimum atomic E-state index is -3.26. The lowest BCUT2D eigenvalue weighted by atomic mass is 10.2. The Labute approximate surface area is 98.8 Å². The van der Waals surface area contributed by atoms with Gasteiger partial charge in [-0.05, 0) is 19.3 Å². The summed E-state index contributed by atoms with van der Waals surface area (Å²) in [5.41, 5.74) is 5.46. The van der Waals surface area contributed by atoms with Crippen molar-refractivity contribution in [2.45, 2.75) is 32.6 Å². The fraction of sp³-hybridized carbons (Fsp3) is 1.00. The molecule has 1 saturated heterocycles. The maximum Gasteiger partial charge on any atom is 0.282 e.